The number of nitrogens with two attached hydrogens (primary N) is 1. The van der Waals surface area contributed by atoms with Crippen LogP contribution in [0.15, 0.2) is 97.1 Å². The Bertz CT molecular complexity index is 2100. The van der Waals surface area contributed by atoms with Crippen LogP contribution in [0.3, 0.4) is 0 Å². The Hall–Kier alpha value is -5.07. The highest BCUT2D eigenvalue weighted by Gasteiger charge is 2.44. The molecule has 0 bridgehead atoms. The molecule has 324 valence electrons. The Kier molecular flexibility index (Phi) is 14.6. The molecule has 0 radical (unpaired) electrons. The molecule has 4 aromatic rings. The van der Waals surface area contributed by atoms with Crippen molar-refractivity contribution in [3.8, 4) is 11.1 Å². The Morgan fingerprint density at radius 2 is 1.51 bits per heavy atom. The quantitative estimate of drug-likeness (QED) is 0.0795. The predicted octanol–water partition coefficient (Wildman–Crippen LogP) is 8.34. The first kappa shape index (κ1) is 44.0. The van der Waals surface area contributed by atoms with Crippen LogP contribution in [0.4, 0.5) is 11.4 Å². The lowest BCUT2D eigenvalue weighted by Crippen LogP contribution is -2.61. The first-order valence-corrected chi connectivity index (χ1v) is 22.1. The molecular formula is C50H63N5O6. The molecule has 11 heteroatoms. The number of carbonyl (C=O) groups excluding carboxylic acids is 3. The fourth-order valence-corrected chi connectivity index (χ4v) is 9.29. The molecule has 61 heavy (non-hydrogen) atoms. The molecule has 0 spiro atoms. The molecule has 6 atom stereocenters. The van der Waals surface area contributed by atoms with E-state index in [1.54, 1.807) is 12.1 Å². The van der Waals surface area contributed by atoms with Crippen LogP contribution in [-0.4, -0.2) is 58.0 Å². The molecular weight excluding hydrogens is 767 g/mol. The molecule has 2 heterocycles. The summed E-state index contributed by atoms with van der Waals surface area (Å²) in [4.78, 5) is 41.6. The molecule has 4 aromatic carbocycles. The van der Waals surface area contributed by atoms with Gasteiger partial charge in [-0.05, 0) is 98.7 Å². The minimum Gasteiger partial charge on any atom is -0.397 e. The Morgan fingerprint density at radius 1 is 0.803 bits per heavy atom. The number of fused-ring (bicyclic) bond motifs is 1. The number of nitrogens with one attached hydrogen (secondary N) is 3. The Morgan fingerprint density at radius 3 is 2.26 bits per heavy atom. The van der Waals surface area contributed by atoms with Crippen molar-refractivity contribution in [2.45, 2.75) is 134 Å². The number of benzene rings is 4. The van der Waals surface area contributed by atoms with E-state index in [0.29, 0.717) is 49.3 Å². The van der Waals surface area contributed by atoms with E-state index in [2.05, 4.69) is 51.2 Å². The van der Waals surface area contributed by atoms with Gasteiger partial charge in [0.2, 0.25) is 17.7 Å². The molecule has 3 fully saturated rings. The first-order valence-electron chi connectivity index (χ1n) is 22.1. The number of aliphatic hydroxyl groups excluding tert-OH is 1. The highest BCUT2D eigenvalue weighted by molar-refractivity contribution is 5.94. The van der Waals surface area contributed by atoms with Crippen molar-refractivity contribution in [2.75, 3.05) is 17.6 Å². The second-order valence-electron chi connectivity index (χ2n) is 18.0. The normalized spacial score (nSPS) is 23.1. The summed E-state index contributed by atoms with van der Waals surface area (Å²) in [5.74, 6) is 0.387. The van der Waals surface area contributed by atoms with Gasteiger partial charge in [0.25, 0.3) is 0 Å². The summed E-state index contributed by atoms with van der Waals surface area (Å²) >= 11 is 0. The molecule has 11 nitrogen and oxygen atoms in total. The number of nitrogens with zero attached hydrogens (tertiary/aromatic N) is 1. The van der Waals surface area contributed by atoms with Crippen LogP contribution >= 0.6 is 0 Å². The zero-order valence-corrected chi connectivity index (χ0v) is 35.9. The predicted molar refractivity (Wildman–Crippen MR) is 239 cm³/mol. The average Bonchev–Trinajstić information content (AvgIpc) is 3.26. The lowest BCUT2D eigenvalue weighted by atomic mass is 9.75. The van der Waals surface area contributed by atoms with Gasteiger partial charge in [-0.15, -0.1) is 0 Å². The van der Waals surface area contributed by atoms with Crippen LogP contribution in [0.25, 0.3) is 11.1 Å². The number of ether oxygens (including phenoxy) is 2. The number of piperidine rings is 1. The van der Waals surface area contributed by atoms with Crippen LogP contribution in [0.1, 0.15) is 120 Å². The molecule has 0 aromatic heterocycles. The minimum absolute atomic E-state index is 0.0241. The summed E-state index contributed by atoms with van der Waals surface area (Å²) < 4.78 is 13.6. The number of nitrogen functional groups attached to an aromatic ring is 1. The third kappa shape index (κ3) is 11.7. The third-order valence-corrected chi connectivity index (χ3v) is 12.4. The van der Waals surface area contributed by atoms with Gasteiger partial charge in [-0.2, -0.15) is 0 Å². The molecule has 6 N–H and O–H groups in total. The van der Waals surface area contributed by atoms with E-state index >= 15 is 0 Å². The monoisotopic (exact) mass is 829 g/mol. The van der Waals surface area contributed by atoms with Crippen molar-refractivity contribution in [1.82, 2.24) is 15.5 Å². The van der Waals surface area contributed by atoms with Crippen molar-refractivity contribution in [3.05, 3.63) is 119 Å². The van der Waals surface area contributed by atoms with Crippen LogP contribution in [0.5, 0.6) is 0 Å². The molecule has 1 saturated carbocycles. The van der Waals surface area contributed by atoms with Gasteiger partial charge in [-0.25, -0.2) is 0 Å². The minimum atomic E-state index is -0.634. The second kappa shape index (κ2) is 20.2. The maximum absolute atomic E-state index is 13.9. The van der Waals surface area contributed by atoms with Gasteiger partial charge in [0, 0.05) is 49.5 Å². The SMILES string of the molecule is CC(C)(C)NC(=O)[C@H]1CC[C@H]2CCCC[C@H]2N1C[C@@H]1C[C@H](c2ccc(CO)cc2)O[C@H](c2ccc(-c3ccccc3CNC(=O)CCCC(=O)Nc3ccccc3N)cc2)O1. The highest BCUT2D eigenvalue weighted by atomic mass is 16.7. The topological polar surface area (TPSA) is 155 Å². The number of likely N-dealkylation sites (tertiary alicyclic amines) is 1. The summed E-state index contributed by atoms with van der Waals surface area (Å²) in [5.41, 5.74) is 12.4. The van der Waals surface area contributed by atoms with Gasteiger partial charge in [0.15, 0.2) is 6.29 Å². The number of anilines is 2. The summed E-state index contributed by atoms with van der Waals surface area (Å²) in [6, 6.07) is 31.5. The number of para-hydroxylation sites is 2. The van der Waals surface area contributed by atoms with E-state index in [1.807, 2.05) is 75.4 Å². The van der Waals surface area contributed by atoms with E-state index in [0.717, 1.165) is 52.6 Å². The van der Waals surface area contributed by atoms with Crippen LogP contribution < -0.4 is 21.7 Å². The number of amides is 3. The number of aliphatic hydroxyl groups is 1. The van der Waals surface area contributed by atoms with Crippen molar-refractivity contribution < 1.29 is 29.0 Å². The largest absolute Gasteiger partial charge is 0.397 e. The van der Waals surface area contributed by atoms with E-state index in [4.69, 9.17) is 15.2 Å². The standard InChI is InChI=1S/C50H63N5O6/c1-50(2,3)54-48(59)44-28-27-35-11-5-9-16-43(35)55(44)31-39-29-45(36-21-19-33(32-56)20-22-36)61-49(60-39)37-25-23-34(24-26-37)40-13-6-4-12-38(40)30-52-46(57)17-10-18-47(58)53-42-15-8-7-14-41(42)51/h4,6-8,12-15,19-26,35,39,43-45,49,56H,5,9-11,16-18,27-32,51H2,1-3H3,(H,52,57)(H,53,58)(H,54,59)/t35-,39+,43-,44-,45-,49-/m1/s1. The molecule has 2 saturated heterocycles. The Labute approximate surface area is 360 Å². The van der Waals surface area contributed by atoms with Crippen LogP contribution in [-0.2, 0) is 37.0 Å². The number of rotatable bonds is 14. The van der Waals surface area contributed by atoms with Gasteiger partial charge in [0.1, 0.15) is 0 Å². The fourth-order valence-electron chi connectivity index (χ4n) is 9.29. The summed E-state index contributed by atoms with van der Waals surface area (Å²) in [6.45, 7) is 7.09. The molecule has 0 unspecified atom stereocenters. The van der Waals surface area contributed by atoms with E-state index in [1.165, 1.54) is 19.3 Å². The maximum Gasteiger partial charge on any atom is 0.237 e. The molecule has 3 amide bonds. The number of hydrogen-bond acceptors (Lipinski definition) is 8. The summed E-state index contributed by atoms with van der Waals surface area (Å²) in [7, 11) is 0. The Balaban J connectivity index is 1.03. The molecule has 1 aliphatic carbocycles. The number of hydrogen-bond donors (Lipinski definition) is 5. The number of carbonyl (C=O) groups is 3. The van der Waals surface area contributed by atoms with Crippen molar-refractivity contribution >= 4 is 29.1 Å². The third-order valence-electron chi connectivity index (χ3n) is 12.4. The van der Waals surface area contributed by atoms with E-state index < -0.39 is 6.29 Å². The lowest BCUT2D eigenvalue weighted by Gasteiger charge is -2.50. The molecule has 3 aliphatic rings. The molecule has 2 aliphatic heterocycles. The van der Waals surface area contributed by atoms with Gasteiger partial charge >= 0.3 is 0 Å². The lowest BCUT2D eigenvalue weighted by molar-refractivity contribution is -0.255. The van der Waals surface area contributed by atoms with Gasteiger partial charge in [-0.3, -0.25) is 19.3 Å². The summed E-state index contributed by atoms with van der Waals surface area (Å²) in [6.07, 6.45) is 7.09. The van der Waals surface area contributed by atoms with Gasteiger partial charge in [0.05, 0.1) is 36.2 Å². The van der Waals surface area contributed by atoms with E-state index in [9.17, 15) is 19.5 Å². The highest BCUT2D eigenvalue weighted by Crippen LogP contribution is 2.42. The van der Waals surface area contributed by atoms with Gasteiger partial charge in [-0.1, -0.05) is 97.8 Å². The zero-order chi connectivity index (χ0) is 42.9. The first-order chi connectivity index (χ1) is 29.4. The van der Waals surface area contributed by atoms with Crippen molar-refractivity contribution in [2.24, 2.45) is 5.92 Å². The maximum atomic E-state index is 13.9. The van der Waals surface area contributed by atoms with Gasteiger partial charge < -0.3 is 36.3 Å². The smallest absolute Gasteiger partial charge is 0.237 e. The second-order valence-corrected chi connectivity index (χ2v) is 18.0. The average molecular weight is 830 g/mol. The van der Waals surface area contributed by atoms with Crippen LogP contribution in [0.2, 0.25) is 0 Å². The fraction of sp³-hybridized carbons (Fsp3) is 0.460. The zero-order valence-electron chi connectivity index (χ0n) is 35.9. The molecule has 7 rings (SSSR count). The van der Waals surface area contributed by atoms with Crippen molar-refractivity contribution in [1.29, 1.82) is 0 Å². The summed E-state index contributed by atoms with van der Waals surface area (Å²) in [5, 5.41) is 18.9. The van der Waals surface area contributed by atoms with E-state index in [-0.39, 0.29) is 61.0 Å². The van der Waals surface area contributed by atoms with Crippen molar-refractivity contribution in [3.63, 3.8) is 0 Å². The van der Waals surface area contributed by atoms with Crippen LogP contribution in [0, 0.1) is 5.92 Å².